The van der Waals surface area contributed by atoms with Gasteiger partial charge in [0.2, 0.25) is 0 Å². The zero-order valence-electron chi connectivity index (χ0n) is 18.3. The number of likely N-dealkylation sites (N-methyl/N-ethyl adjacent to an activating group) is 1. The minimum atomic E-state index is -0.389. The summed E-state index contributed by atoms with van der Waals surface area (Å²) < 4.78 is 15.7. The predicted octanol–water partition coefficient (Wildman–Crippen LogP) is 4.06. The average Bonchev–Trinajstić information content (AvgIpc) is 2.90. The van der Waals surface area contributed by atoms with Gasteiger partial charge in [-0.3, -0.25) is 14.3 Å². The quantitative estimate of drug-likeness (QED) is 0.700. The number of benzene rings is 1. The maximum Gasteiger partial charge on any atom is 0.261 e. The van der Waals surface area contributed by atoms with Gasteiger partial charge in [-0.25, -0.2) is 9.37 Å². The van der Waals surface area contributed by atoms with Crippen molar-refractivity contribution >= 4 is 10.9 Å². The largest absolute Gasteiger partial charge is 0.305 e. The lowest BCUT2D eigenvalue weighted by Crippen LogP contribution is -2.37. The molecule has 0 spiro atoms. The zero-order chi connectivity index (χ0) is 21.0. The van der Waals surface area contributed by atoms with Crippen molar-refractivity contribution in [2.45, 2.75) is 59.0 Å². The number of nitrogens with zero attached hydrogens (tertiary/aromatic N) is 4. The molecule has 1 fully saturated rings. The van der Waals surface area contributed by atoms with Crippen molar-refractivity contribution in [1.82, 2.24) is 19.4 Å². The van der Waals surface area contributed by atoms with Crippen LogP contribution >= 0.6 is 0 Å². The summed E-state index contributed by atoms with van der Waals surface area (Å²) in [6, 6.07) is 4.48. The van der Waals surface area contributed by atoms with Gasteiger partial charge in [0, 0.05) is 26.2 Å². The normalized spacial score (nSPS) is 17.7. The van der Waals surface area contributed by atoms with Crippen LogP contribution in [0.4, 0.5) is 4.39 Å². The molecule has 0 aliphatic carbocycles. The molecule has 0 radical (unpaired) electrons. The third-order valence-electron chi connectivity index (χ3n) is 5.93. The molecular formula is C23H35FN4O. The Kier molecular flexibility index (Phi) is 7.41. The predicted molar refractivity (Wildman–Crippen MR) is 117 cm³/mol. The molecule has 1 saturated heterocycles. The molecule has 2 heterocycles. The second-order valence-corrected chi connectivity index (χ2v) is 8.77. The summed E-state index contributed by atoms with van der Waals surface area (Å²) in [4.78, 5) is 23.2. The Balaban J connectivity index is 2.10. The Bertz CT molecular complexity index is 879. The lowest BCUT2D eigenvalue weighted by molar-refractivity contribution is 0.179. The highest BCUT2D eigenvalue weighted by Gasteiger charge is 2.27. The van der Waals surface area contributed by atoms with Crippen molar-refractivity contribution in [2.24, 2.45) is 5.92 Å². The van der Waals surface area contributed by atoms with Gasteiger partial charge in [0.1, 0.15) is 11.6 Å². The van der Waals surface area contributed by atoms with Crippen LogP contribution in [0.25, 0.3) is 10.9 Å². The minimum absolute atomic E-state index is 0.112. The maximum absolute atomic E-state index is 13.8. The van der Waals surface area contributed by atoms with E-state index in [-0.39, 0.29) is 17.4 Å². The lowest BCUT2D eigenvalue weighted by Gasteiger charge is -2.32. The third kappa shape index (κ3) is 5.23. The summed E-state index contributed by atoms with van der Waals surface area (Å²) in [5.41, 5.74) is 0.485. The molecule has 1 aliphatic rings. The molecule has 1 atom stereocenters. The topological polar surface area (TPSA) is 41.4 Å². The molecule has 0 saturated carbocycles. The van der Waals surface area contributed by atoms with E-state index >= 15 is 0 Å². The van der Waals surface area contributed by atoms with E-state index in [4.69, 9.17) is 4.98 Å². The Morgan fingerprint density at radius 1 is 1.14 bits per heavy atom. The number of fused-ring (bicyclic) bond motifs is 1. The first-order chi connectivity index (χ1) is 13.9. The summed E-state index contributed by atoms with van der Waals surface area (Å²) in [5.74, 6) is 0.941. The molecule has 1 unspecified atom stereocenters. The number of hydrogen-bond acceptors (Lipinski definition) is 4. The van der Waals surface area contributed by atoms with Crippen LogP contribution in [-0.2, 0) is 6.54 Å². The highest BCUT2D eigenvalue weighted by Crippen LogP contribution is 2.27. The van der Waals surface area contributed by atoms with Crippen LogP contribution in [0.1, 0.15) is 58.3 Å². The van der Waals surface area contributed by atoms with Crippen molar-refractivity contribution in [3.05, 3.63) is 40.2 Å². The first-order valence-electron chi connectivity index (χ1n) is 11.0. The van der Waals surface area contributed by atoms with Crippen molar-refractivity contribution in [2.75, 3.05) is 33.2 Å². The van der Waals surface area contributed by atoms with Crippen LogP contribution in [0, 0.1) is 11.7 Å². The average molecular weight is 403 g/mol. The van der Waals surface area contributed by atoms with E-state index < -0.39 is 0 Å². The Morgan fingerprint density at radius 2 is 1.93 bits per heavy atom. The molecule has 160 valence electrons. The molecule has 29 heavy (non-hydrogen) atoms. The van der Waals surface area contributed by atoms with Crippen LogP contribution < -0.4 is 5.56 Å². The molecular weight excluding hydrogens is 367 g/mol. The summed E-state index contributed by atoms with van der Waals surface area (Å²) in [7, 11) is 2.17. The molecule has 6 heteroatoms. The second-order valence-electron chi connectivity index (χ2n) is 8.77. The monoisotopic (exact) mass is 402 g/mol. The standard InChI is InChI=1S/C23H35FN4O/c1-5-7-21(27-12-6-11-26(4)14-15-27)22-25-20-9-8-18(24)16-19(20)23(29)28(22)13-10-17(2)3/h8-9,16-17,21H,5-7,10-15H2,1-4H3. The van der Waals surface area contributed by atoms with E-state index in [0.717, 1.165) is 57.7 Å². The molecule has 2 aromatic rings. The molecule has 0 amide bonds. The maximum atomic E-state index is 13.8. The smallest absolute Gasteiger partial charge is 0.261 e. The van der Waals surface area contributed by atoms with Crippen LogP contribution in [-0.4, -0.2) is 52.6 Å². The molecule has 5 nitrogen and oxygen atoms in total. The van der Waals surface area contributed by atoms with Crippen molar-refractivity contribution in [3.63, 3.8) is 0 Å². The fourth-order valence-corrected chi connectivity index (χ4v) is 4.19. The Labute approximate surface area is 173 Å². The van der Waals surface area contributed by atoms with Gasteiger partial charge < -0.3 is 4.90 Å². The molecule has 0 N–H and O–H groups in total. The van der Waals surface area contributed by atoms with Gasteiger partial charge in [0.05, 0.1) is 16.9 Å². The summed E-state index contributed by atoms with van der Waals surface area (Å²) in [5, 5.41) is 0.378. The van der Waals surface area contributed by atoms with E-state index in [1.165, 1.54) is 12.1 Å². The highest BCUT2D eigenvalue weighted by molar-refractivity contribution is 5.77. The van der Waals surface area contributed by atoms with Crippen molar-refractivity contribution < 1.29 is 4.39 Å². The van der Waals surface area contributed by atoms with E-state index in [2.05, 4.69) is 37.6 Å². The fraction of sp³-hybridized carbons (Fsp3) is 0.652. The van der Waals surface area contributed by atoms with Gasteiger partial charge in [-0.2, -0.15) is 0 Å². The molecule has 1 aromatic carbocycles. The molecule has 0 bridgehead atoms. The number of rotatable bonds is 7. The third-order valence-corrected chi connectivity index (χ3v) is 5.93. The van der Waals surface area contributed by atoms with E-state index in [1.807, 2.05) is 4.57 Å². The molecule has 1 aliphatic heterocycles. The second kappa shape index (κ2) is 9.81. The molecule has 1 aromatic heterocycles. The van der Waals surface area contributed by atoms with E-state index in [1.54, 1.807) is 6.07 Å². The Hall–Kier alpha value is -1.79. The van der Waals surface area contributed by atoms with Crippen molar-refractivity contribution in [1.29, 1.82) is 0 Å². The van der Waals surface area contributed by atoms with Gasteiger partial charge in [0.15, 0.2) is 0 Å². The van der Waals surface area contributed by atoms with Gasteiger partial charge in [-0.05, 0) is 57.0 Å². The minimum Gasteiger partial charge on any atom is -0.305 e. The van der Waals surface area contributed by atoms with Crippen LogP contribution in [0.5, 0.6) is 0 Å². The fourth-order valence-electron chi connectivity index (χ4n) is 4.19. The number of hydrogen-bond donors (Lipinski definition) is 0. The van der Waals surface area contributed by atoms with Crippen LogP contribution in [0.2, 0.25) is 0 Å². The SMILES string of the molecule is CCCC(c1nc2ccc(F)cc2c(=O)n1CCC(C)C)N1CCCN(C)CC1. The van der Waals surface area contributed by atoms with Gasteiger partial charge >= 0.3 is 0 Å². The van der Waals surface area contributed by atoms with Crippen LogP contribution in [0.15, 0.2) is 23.0 Å². The van der Waals surface area contributed by atoms with E-state index in [0.29, 0.717) is 23.4 Å². The first kappa shape index (κ1) is 21.9. The lowest BCUT2D eigenvalue weighted by atomic mass is 10.1. The van der Waals surface area contributed by atoms with Crippen molar-refractivity contribution in [3.8, 4) is 0 Å². The van der Waals surface area contributed by atoms with Crippen LogP contribution in [0.3, 0.4) is 0 Å². The molecule has 3 rings (SSSR count). The first-order valence-corrected chi connectivity index (χ1v) is 11.0. The number of halogens is 1. The summed E-state index contributed by atoms with van der Waals surface area (Å²) >= 11 is 0. The number of aromatic nitrogens is 2. The van der Waals surface area contributed by atoms with Gasteiger partial charge in [0.25, 0.3) is 5.56 Å². The van der Waals surface area contributed by atoms with Gasteiger partial charge in [-0.1, -0.05) is 27.2 Å². The zero-order valence-corrected chi connectivity index (χ0v) is 18.3. The Morgan fingerprint density at radius 3 is 2.66 bits per heavy atom. The summed E-state index contributed by atoms with van der Waals surface area (Å²) in [6.45, 7) is 11.2. The highest BCUT2D eigenvalue weighted by atomic mass is 19.1. The summed E-state index contributed by atoms with van der Waals surface area (Å²) in [6.07, 6.45) is 4.01. The van der Waals surface area contributed by atoms with E-state index in [9.17, 15) is 9.18 Å². The van der Waals surface area contributed by atoms with Gasteiger partial charge in [-0.15, -0.1) is 0 Å².